The van der Waals surface area contributed by atoms with Crippen LogP contribution in [0.4, 0.5) is 4.79 Å². The smallest absolute Gasteiger partial charge is 0.407 e. The first-order valence-electron chi connectivity index (χ1n) is 21.7. The fraction of sp³-hybridized carbons (Fsp3) is 0.468. The molecule has 4 N–H and O–H groups in total. The number of fused-ring (bicyclic) bond motifs is 4. The van der Waals surface area contributed by atoms with Crippen molar-refractivity contribution < 1.29 is 23.9 Å². The van der Waals surface area contributed by atoms with Crippen LogP contribution in [0.25, 0.3) is 22.0 Å². The zero-order valence-electron chi connectivity index (χ0n) is 36.3. The Morgan fingerprint density at radius 2 is 1.89 bits per heavy atom. The summed E-state index contributed by atoms with van der Waals surface area (Å²) in [5.74, 6) is 1.46. The molecule has 8 rings (SSSR count). The van der Waals surface area contributed by atoms with Gasteiger partial charge >= 0.3 is 6.09 Å². The Labute approximate surface area is 361 Å². The number of hydrogen-bond donors (Lipinski definition) is 3. The number of H-pyrrole nitrogens is 1. The number of amides is 3. The van der Waals surface area contributed by atoms with Gasteiger partial charge in [-0.2, -0.15) is 0 Å². The van der Waals surface area contributed by atoms with Gasteiger partial charge in [-0.25, -0.2) is 9.78 Å². The summed E-state index contributed by atoms with van der Waals surface area (Å²) in [6.07, 6.45) is 8.76. The van der Waals surface area contributed by atoms with Crippen LogP contribution < -0.4 is 11.1 Å². The first kappa shape index (κ1) is 42.2. The second-order valence-electron chi connectivity index (χ2n) is 17.2. The number of alkyl carbamates (subject to hydrolysis) is 1. The van der Waals surface area contributed by atoms with Crippen LogP contribution in [0, 0.1) is 11.8 Å². The summed E-state index contributed by atoms with van der Waals surface area (Å²) < 4.78 is 14.1. The van der Waals surface area contributed by atoms with Gasteiger partial charge in [0.25, 0.3) is 0 Å². The van der Waals surface area contributed by atoms with Gasteiger partial charge in [-0.1, -0.05) is 46.8 Å². The first-order valence-corrected chi connectivity index (χ1v) is 22.6. The lowest BCUT2D eigenvalue weighted by Crippen LogP contribution is -2.50. The van der Waals surface area contributed by atoms with Crippen LogP contribution in [0.2, 0.25) is 0 Å². The second kappa shape index (κ2) is 17.5. The number of thiophene rings is 1. The Morgan fingerprint density at radius 1 is 1.07 bits per heavy atom. The van der Waals surface area contributed by atoms with E-state index in [1.54, 1.807) is 16.2 Å². The predicted molar refractivity (Wildman–Crippen MR) is 239 cm³/mol. The summed E-state index contributed by atoms with van der Waals surface area (Å²) in [5, 5.41) is 5.92. The largest absolute Gasteiger partial charge is 0.465 e. The summed E-state index contributed by atoms with van der Waals surface area (Å²) >= 11 is 1.68. The number of imidazole rings is 1. The molecule has 0 spiro atoms. The molecular weight excluding hydrogens is 789 g/mol. The van der Waals surface area contributed by atoms with Crippen molar-refractivity contribution in [3.8, 4) is 0 Å². The minimum Gasteiger partial charge on any atom is -0.465 e. The number of nitrogens with one attached hydrogen (secondary N) is 2. The number of carbonyl (C=O) groups is 3. The fourth-order valence-electron chi connectivity index (χ4n) is 9.20. The predicted octanol–water partition coefficient (Wildman–Crippen LogP) is 8.67. The van der Waals surface area contributed by atoms with Gasteiger partial charge in [0, 0.05) is 35.5 Å². The molecule has 4 atom stereocenters. The third-order valence-electron chi connectivity index (χ3n) is 12.6. The topological polar surface area (TPSA) is 160 Å². The molecule has 2 fully saturated rings. The van der Waals surface area contributed by atoms with Gasteiger partial charge in [0.15, 0.2) is 0 Å². The average molecular weight is 847 g/mol. The van der Waals surface area contributed by atoms with E-state index in [-0.39, 0.29) is 35.9 Å². The third-order valence-corrected chi connectivity index (χ3v) is 13.5. The maximum Gasteiger partial charge on any atom is 0.407 e. The normalized spacial score (nSPS) is 21.1. The molecule has 0 radical (unpaired) electrons. The molecule has 0 saturated carbocycles. The van der Waals surface area contributed by atoms with Gasteiger partial charge in [0.1, 0.15) is 17.6 Å². The summed E-state index contributed by atoms with van der Waals surface area (Å²) in [6, 6.07) is 11.7. The van der Waals surface area contributed by atoms with E-state index in [1.165, 1.54) is 12.7 Å². The number of hydrogen-bond acceptors (Lipinski definition) is 9. The molecule has 1 aromatic carbocycles. The molecule has 14 heteroatoms. The summed E-state index contributed by atoms with van der Waals surface area (Å²) in [6.45, 7) is 13.2. The zero-order valence-corrected chi connectivity index (χ0v) is 37.1. The highest BCUT2D eigenvalue weighted by atomic mass is 32.1. The third kappa shape index (κ3) is 8.07. The zero-order chi connectivity index (χ0) is 43.1. The average Bonchev–Trinajstić information content (AvgIpc) is 4.11. The molecule has 6 heterocycles. The molecule has 322 valence electrons. The number of allylic oxidation sites excluding steroid dienone is 5. The van der Waals surface area contributed by atoms with E-state index < -0.39 is 18.2 Å². The van der Waals surface area contributed by atoms with Crippen molar-refractivity contribution in [3.63, 3.8) is 0 Å². The Bertz CT molecular complexity index is 2450. The quantitative estimate of drug-likeness (QED) is 0.127. The van der Waals surface area contributed by atoms with Crippen molar-refractivity contribution in [2.24, 2.45) is 22.6 Å². The number of carbonyl (C=O) groups excluding carboxylic acids is 3. The fourth-order valence-corrected chi connectivity index (χ4v) is 9.94. The summed E-state index contributed by atoms with van der Waals surface area (Å²) in [4.78, 5) is 57.5. The van der Waals surface area contributed by atoms with E-state index in [9.17, 15) is 14.4 Å². The van der Waals surface area contributed by atoms with E-state index in [1.807, 2.05) is 45.7 Å². The molecule has 3 aromatic heterocycles. The molecule has 4 unspecified atom stereocenters. The molecular formula is C47H58N8O5S. The minimum atomic E-state index is -0.700. The monoisotopic (exact) mass is 846 g/mol. The molecule has 2 saturated heterocycles. The van der Waals surface area contributed by atoms with Gasteiger partial charge in [0.2, 0.25) is 18.0 Å². The number of aliphatic imine (C=N–C) groups is 1. The Morgan fingerprint density at radius 3 is 2.61 bits per heavy atom. The molecule has 4 aromatic rings. The number of aromatic nitrogens is 3. The Balaban J connectivity index is 1.10. The van der Waals surface area contributed by atoms with Crippen molar-refractivity contribution in [3.05, 3.63) is 98.9 Å². The van der Waals surface area contributed by atoms with Crippen LogP contribution in [-0.4, -0.2) is 80.2 Å². The van der Waals surface area contributed by atoms with Crippen LogP contribution in [0.5, 0.6) is 0 Å². The molecule has 3 aliphatic heterocycles. The van der Waals surface area contributed by atoms with E-state index in [0.717, 1.165) is 106 Å². The van der Waals surface area contributed by atoms with Crippen molar-refractivity contribution in [2.45, 2.75) is 111 Å². The molecule has 13 nitrogen and oxygen atoms in total. The van der Waals surface area contributed by atoms with Crippen LogP contribution in [0.1, 0.15) is 126 Å². The highest BCUT2D eigenvalue weighted by Crippen LogP contribution is 2.46. The van der Waals surface area contributed by atoms with Crippen molar-refractivity contribution >= 4 is 57.0 Å². The van der Waals surface area contributed by atoms with Crippen LogP contribution in [0.15, 0.2) is 76.2 Å². The lowest BCUT2D eigenvalue weighted by Gasteiger charge is -2.32. The van der Waals surface area contributed by atoms with Crippen molar-refractivity contribution in [2.75, 3.05) is 20.2 Å². The number of aromatic amines is 1. The van der Waals surface area contributed by atoms with E-state index in [2.05, 4.69) is 69.6 Å². The van der Waals surface area contributed by atoms with Crippen molar-refractivity contribution in [1.29, 1.82) is 0 Å². The van der Waals surface area contributed by atoms with E-state index >= 15 is 0 Å². The molecule has 61 heavy (non-hydrogen) atoms. The maximum absolute atomic E-state index is 13.8. The van der Waals surface area contributed by atoms with Crippen LogP contribution in [-0.2, 0) is 19.1 Å². The standard InChI is InChI=1S/C47H58N8O5S/c1-8-33(50-28(6)35-12-9-19-53(35)45(57)42(27(4)5)52-47(58)59-7)29-16-18-36-31(22-29)23-38-32-17-15-30(24-39(32)60-46(55(36)38)40-14-11-21-61-40)34-25-49-43(51-34)37-13-10-20-54(37)44(56)41(48)26(2)3/h11,14,16,18,21-27,37,41-42,46H,8-10,12-13,15,17,19-20,48H2,1-7H3,(H,49,51)(H,52,58)/b35-28-,50-33?. The summed E-state index contributed by atoms with van der Waals surface area (Å²) in [5.41, 5.74) is 15.4. The SMILES string of the molecule is CCC(=N/C(C)=C1/CCCN1C(=O)C(NC(=O)OC)C(C)C)c1ccc2c(c1)cc1n2C(c2cccs2)OC2=C1CCC(c1cnc(C3CCCN3C(=O)C(N)C(C)C)[nH]1)=C2. The number of rotatable bonds is 11. The number of methoxy groups -OCH3 is 1. The van der Waals surface area contributed by atoms with Gasteiger partial charge in [-0.15, -0.1) is 11.3 Å². The van der Waals surface area contributed by atoms with Crippen molar-refractivity contribution in [1.82, 2.24) is 29.7 Å². The lowest BCUT2D eigenvalue weighted by atomic mass is 9.92. The minimum absolute atomic E-state index is 0.0121. The number of likely N-dealkylation sites (tertiary alicyclic amines) is 2. The molecule has 1 aliphatic carbocycles. The molecule has 3 amide bonds. The molecule has 4 aliphatic rings. The van der Waals surface area contributed by atoms with Gasteiger partial charge in [0.05, 0.1) is 52.9 Å². The van der Waals surface area contributed by atoms with Gasteiger partial charge < -0.3 is 39.9 Å². The Hall–Kier alpha value is -5.47. The molecule has 0 bridgehead atoms. The van der Waals surface area contributed by atoms with Crippen LogP contribution >= 0.6 is 11.3 Å². The maximum atomic E-state index is 13.8. The van der Waals surface area contributed by atoms with E-state index in [4.69, 9.17) is 25.2 Å². The highest BCUT2D eigenvalue weighted by Gasteiger charge is 2.37. The second-order valence-corrected chi connectivity index (χ2v) is 18.2. The number of nitrogens with zero attached hydrogens (tertiary/aromatic N) is 5. The number of nitrogens with two attached hydrogens (primary N) is 1. The van der Waals surface area contributed by atoms with Crippen LogP contribution in [0.3, 0.4) is 0 Å². The van der Waals surface area contributed by atoms with Gasteiger partial charge in [-0.05, 0) is 111 Å². The van der Waals surface area contributed by atoms with Gasteiger partial charge in [-0.3, -0.25) is 14.6 Å². The number of ether oxygens (including phenoxy) is 2. The van der Waals surface area contributed by atoms with E-state index in [0.29, 0.717) is 19.5 Å². The Kier molecular flexibility index (Phi) is 12.1. The lowest BCUT2D eigenvalue weighted by molar-refractivity contribution is -0.134. The first-order chi connectivity index (χ1) is 29.4. The summed E-state index contributed by atoms with van der Waals surface area (Å²) in [7, 11) is 1.30. The number of benzene rings is 1. The highest BCUT2D eigenvalue weighted by molar-refractivity contribution is 7.10.